The van der Waals surface area contributed by atoms with Gasteiger partial charge in [0.15, 0.2) is 6.61 Å². The highest BCUT2D eigenvalue weighted by molar-refractivity contribution is 5.99. The lowest BCUT2D eigenvalue weighted by Crippen LogP contribution is -2.62. The molecule has 2 aliphatic rings. The maximum absolute atomic E-state index is 12.7. The number of nitrogens with zero attached hydrogens (tertiary/aromatic N) is 2. The van der Waals surface area contributed by atoms with Crippen molar-refractivity contribution in [2.45, 2.75) is 12.2 Å². The number of ether oxygens (including phenoxy) is 1. The molecule has 122 valence electrons. The van der Waals surface area contributed by atoms with E-state index in [4.69, 9.17) is 0 Å². The van der Waals surface area contributed by atoms with Gasteiger partial charge in [-0.05, 0) is 18.2 Å². The van der Waals surface area contributed by atoms with Crippen molar-refractivity contribution in [3.8, 4) is 0 Å². The maximum atomic E-state index is 12.7. The number of likely N-dealkylation sites (tertiary alicyclic amines) is 1. The van der Waals surface area contributed by atoms with Gasteiger partial charge < -0.3 is 9.64 Å². The van der Waals surface area contributed by atoms with E-state index in [1.807, 2.05) is 0 Å². The van der Waals surface area contributed by atoms with E-state index < -0.39 is 35.7 Å². The highest BCUT2D eigenvalue weighted by atomic mass is 19.4. The Kier molecular flexibility index (Phi) is 3.50. The molecule has 0 aromatic heterocycles. The summed E-state index contributed by atoms with van der Waals surface area (Å²) < 4.78 is 42.6. The molecule has 0 saturated carbocycles. The number of benzene rings is 1. The van der Waals surface area contributed by atoms with Crippen LogP contribution >= 0.6 is 0 Å². The summed E-state index contributed by atoms with van der Waals surface area (Å²) in [7, 11) is 0. The fraction of sp³-hybridized carbons (Fsp3) is 0.357. The second-order valence-corrected chi connectivity index (χ2v) is 5.26. The lowest BCUT2D eigenvalue weighted by atomic mass is 10.0. The molecular formula is C14H11F3N2O4. The van der Waals surface area contributed by atoms with Gasteiger partial charge in [-0.2, -0.15) is 13.2 Å². The Morgan fingerprint density at radius 1 is 1.22 bits per heavy atom. The number of carbonyl (C=O) groups excluding carboxylic acids is 3. The van der Waals surface area contributed by atoms with E-state index in [2.05, 4.69) is 4.74 Å². The van der Waals surface area contributed by atoms with Gasteiger partial charge in [-0.3, -0.25) is 9.59 Å². The lowest BCUT2D eigenvalue weighted by molar-refractivity contribution is -0.137. The fourth-order valence-corrected chi connectivity index (χ4v) is 2.51. The highest BCUT2D eigenvalue weighted by Crippen LogP contribution is 2.30. The number of hydrogen-bond acceptors (Lipinski definition) is 4. The predicted molar refractivity (Wildman–Crippen MR) is 69.3 cm³/mol. The zero-order chi connectivity index (χ0) is 16.8. The summed E-state index contributed by atoms with van der Waals surface area (Å²) in [4.78, 5) is 37.2. The van der Waals surface area contributed by atoms with Crippen LogP contribution < -0.4 is 0 Å². The summed E-state index contributed by atoms with van der Waals surface area (Å²) in [5, 5.41) is 0. The standard InChI is InChI=1S/C14H11F3N2O4/c15-14(16,17)9-3-1-2-8(4-9)12(21)18-5-10(6-18)19-11(20)7-23-13(19)22/h1-4,10H,5-7H2. The molecule has 1 aromatic rings. The summed E-state index contributed by atoms with van der Waals surface area (Å²) in [6.45, 7) is -0.164. The Morgan fingerprint density at radius 2 is 1.91 bits per heavy atom. The number of hydrogen-bond donors (Lipinski definition) is 0. The minimum Gasteiger partial charge on any atom is -0.439 e. The van der Waals surface area contributed by atoms with Crippen molar-refractivity contribution in [2.24, 2.45) is 0 Å². The van der Waals surface area contributed by atoms with Gasteiger partial charge in [0.25, 0.3) is 11.8 Å². The summed E-state index contributed by atoms with van der Waals surface area (Å²) in [6.07, 6.45) is -5.29. The van der Waals surface area contributed by atoms with Gasteiger partial charge >= 0.3 is 12.3 Å². The van der Waals surface area contributed by atoms with Crippen LogP contribution in [0.3, 0.4) is 0 Å². The van der Waals surface area contributed by atoms with Crippen LogP contribution in [-0.2, 0) is 15.7 Å². The Morgan fingerprint density at radius 3 is 2.48 bits per heavy atom. The predicted octanol–water partition coefficient (Wildman–Crippen LogP) is 1.51. The Hall–Kier alpha value is -2.58. The van der Waals surface area contributed by atoms with E-state index >= 15 is 0 Å². The monoisotopic (exact) mass is 328 g/mol. The Labute approximate surface area is 128 Å². The number of halogens is 3. The van der Waals surface area contributed by atoms with Gasteiger partial charge in [0.1, 0.15) is 0 Å². The summed E-state index contributed by atoms with van der Waals surface area (Å²) in [5.41, 5.74) is -0.993. The number of alkyl halides is 3. The van der Waals surface area contributed by atoms with Gasteiger partial charge in [0.05, 0.1) is 11.6 Å². The Bertz CT molecular complexity index is 667. The SMILES string of the molecule is O=C(c1cccc(C(F)(F)F)c1)N1CC(N2C(=O)COC2=O)C1. The minimum absolute atomic E-state index is 0.0793. The van der Waals surface area contributed by atoms with E-state index in [1.165, 1.54) is 11.0 Å². The molecule has 0 aliphatic carbocycles. The number of cyclic esters (lactones) is 1. The molecule has 0 spiro atoms. The smallest absolute Gasteiger partial charge is 0.417 e. The van der Waals surface area contributed by atoms with Gasteiger partial charge in [0, 0.05) is 18.7 Å². The normalized spacial score (nSPS) is 18.9. The molecule has 0 atom stereocenters. The van der Waals surface area contributed by atoms with E-state index in [1.54, 1.807) is 0 Å². The van der Waals surface area contributed by atoms with Crippen LogP contribution in [0.25, 0.3) is 0 Å². The first kappa shape index (κ1) is 15.3. The number of imide groups is 1. The number of rotatable bonds is 2. The molecule has 3 amide bonds. The summed E-state index contributed by atoms with van der Waals surface area (Å²) >= 11 is 0. The molecular weight excluding hydrogens is 317 g/mol. The molecule has 0 radical (unpaired) electrons. The third-order valence-electron chi connectivity index (χ3n) is 3.74. The maximum Gasteiger partial charge on any atom is 0.417 e. The molecule has 0 N–H and O–H groups in total. The molecule has 2 aliphatic heterocycles. The van der Waals surface area contributed by atoms with E-state index in [9.17, 15) is 27.6 Å². The summed E-state index contributed by atoms with van der Waals surface area (Å²) in [5.74, 6) is -1.06. The average molecular weight is 328 g/mol. The largest absolute Gasteiger partial charge is 0.439 e. The fourth-order valence-electron chi connectivity index (χ4n) is 2.51. The summed E-state index contributed by atoms with van der Waals surface area (Å²) in [6, 6.07) is 3.63. The molecule has 2 heterocycles. The van der Waals surface area contributed by atoms with E-state index in [-0.39, 0.29) is 25.3 Å². The van der Waals surface area contributed by atoms with Crippen LogP contribution in [0, 0.1) is 0 Å². The van der Waals surface area contributed by atoms with E-state index in [0.717, 1.165) is 23.1 Å². The van der Waals surface area contributed by atoms with Crippen molar-refractivity contribution < 1.29 is 32.3 Å². The van der Waals surface area contributed by atoms with E-state index in [0.29, 0.717) is 0 Å². The van der Waals surface area contributed by atoms with Crippen molar-refractivity contribution in [2.75, 3.05) is 19.7 Å². The molecule has 2 fully saturated rings. The van der Waals surface area contributed by atoms with Crippen LogP contribution in [0.1, 0.15) is 15.9 Å². The molecule has 23 heavy (non-hydrogen) atoms. The second kappa shape index (κ2) is 5.25. The van der Waals surface area contributed by atoms with Crippen LogP contribution in [0.15, 0.2) is 24.3 Å². The molecule has 2 saturated heterocycles. The topological polar surface area (TPSA) is 66.9 Å². The average Bonchev–Trinajstić information content (AvgIpc) is 2.77. The quantitative estimate of drug-likeness (QED) is 0.825. The molecule has 6 nitrogen and oxygen atoms in total. The van der Waals surface area contributed by atoms with Gasteiger partial charge in [-0.25, -0.2) is 9.69 Å². The van der Waals surface area contributed by atoms with Crippen LogP contribution in [-0.4, -0.2) is 53.4 Å². The molecule has 3 rings (SSSR count). The number of amides is 3. The van der Waals surface area contributed by atoms with Gasteiger partial charge in [-0.15, -0.1) is 0 Å². The zero-order valence-corrected chi connectivity index (χ0v) is 11.7. The number of carbonyl (C=O) groups is 3. The molecule has 0 unspecified atom stereocenters. The first-order valence-corrected chi connectivity index (χ1v) is 6.73. The van der Waals surface area contributed by atoms with Crippen molar-refractivity contribution in [3.63, 3.8) is 0 Å². The van der Waals surface area contributed by atoms with Gasteiger partial charge in [0.2, 0.25) is 0 Å². The Balaban J connectivity index is 1.67. The third-order valence-corrected chi connectivity index (χ3v) is 3.74. The van der Waals surface area contributed by atoms with Crippen molar-refractivity contribution in [1.82, 2.24) is 9.80 Å². The van der Waals surface area contributed by atoms with Crippen molar-refractivity contribution in [3.05, 3.63) is 35.4 Å². The van der Waals surface area contributed by atoms with Crippen molar-refractivity contribution in [1.29, 1.82) is 0 Å². The van der Waals surface area contributed by atoms with Gasteiger partial charge in [-0.1, -0.05) is 6.07 Å². The highest BCUT2D eigenvalue weighted by Gasteiger charge is 2.44. The first-order valence-electron chi connectivity index (χ1n) is 6.73. The van der Waals surface area contributed by atoms with Crippen LogP contribution in [0.4, 0.5) is 18.0 Å². The first-order chi connectivity index (χ1) is 10.8. The third kappa shape index (κ3) is 2.73. The van der Waals surface area contributed by atoms with Crippen molar-refractivity contribution >= 4 is 17.9 Å². The van der Waals surface area contributed by atoms with Crippen LogP contribution in [0.5, 0.6) is 0 Å². The zero-order valence-electron chi connectivity index (χ0n) is 11.7. The minimum atomic E-state index is -4.53. The molecule has 1 aromatic carbocycles. The molecule has 0 bridgehead atoms. The molecule has 9 heteroatoms. The lowest BCUT2D eigenvalue weighted by Gasteiger charge is -2.42. The van der Waals surface area contributed by atoms with Crippen LogP contribution in [0.2, 0.25) is 0 Å². The second-order valence-electron chi connectivity index (χ2n) is 5.26.